The van der Waals surface area contributed by atoms with Gasteiger partial charge in [0.05, 0.1) is 12.0 Å². The molecule has 0 aliphatic heterocycles. The van der Waals surface area contributed by atoms with Gasteiger partial charge in [0.15, 0.2) is 11.5 Å². The Hall–Kier alpha value is -2.38. The van der Waals surface area contributed by atoms with Crippen molar-refractivity contribution in [2.75, 3.05) is 13.7 Å². The minimum Gasteiger partial charge on any atom is -0.504 e. The van der Waals surface area contributed by atoms with Gasteiger partial charge >= 0.3 is 0 Å². The number of phenols is 1. The summed E-state index contributed by atoms with van der Waals surface area (Å²) in [6.45, 7) is 0.553. The fraction of sp³-hybridized carbons (Fsp3) is 0.188. The van der Waals surface area contributed by atoms with Crippen LogP contribution in [0.15, 0.2) is 52.4 Å². The molecule has 23 heavy (non-hydrogen) atoms. The number of nitrogens with two attached hydrogens (primary N) is 1. The molecule has 6 nitrogen and oxygen atoms in total. The molecule has 0 fully saturated rings. The van der Waals surface area contributed by atoms with Crippen molar-refractivity contribution in [3.63, 3.8) is 0 Å². The second-order valence-corrected chi connectivity index (χ2v) is 6.47. The summed E-state index contributed by atoms with van der Waals surface area (Å²) in [4.78, 5) is 4.41. The van der Waals surface area contributed by atoms with Crippen molar-refractivity contribution in [1.29, 1.82) is 0 Å². The molecule has 0 heterocycles. The molecule has 3 N–H and O–H groups in total. The molecule has 0 aliphatic rings. The minimum atomic E-state index is -3.65. The summed E-state index contributed by atoms with van der Waals surface area (Å²) in [6, 6.07) is 11.4. The highest BCUT2D eigenvalue weighted by Gasteiger charge is 2.06. The monoisotopic (exact) mass is 334 g/mol. The lowest BCUT2D eigenvalue weighted by Gasteiger charge is -2.03. The predicted molar refractivity (Wildman–Crippen MR) is 88.6 cm³/mol. The van der Waals surface area contributed by atoms with E-state index >= 15 is 0 Å². The van der Waals surface area contributed by atoms with E-state index in [2.05, 4.69) is 4.99 Å². The van der Waals surface area contributed by atoms with Crippen molar-refractivity contribution in [2.24, 2.45) is 10.1 Å². The highest BCUT2D eigenvalue weighted by molar-refractivity contribution is 7.89. The summed E-state index contributed by atoms with van der Waals surface area (Å²) in [5.74, 6) is 0.479. The van der Waals surface area contributed by atoms with Crippen LogP contribution in [0.4, 0.5) is 0 Å². The average Bonchev–Trinajstić information content (AvgIpc) is 2.52. The van der Waals surface area contributed by atoms with E-state index in [1.165, 1.54) is 19.2 Å². The van der Waals surface area contributed by atoms with Crippen molar-refractivity contribution >= 4 is 16.2 Å². The minimum absolute atomic E-state index is 0.0830. The smallest absolute Gasteiger partial charge is 0.238 e. The van der Waals surface area contributed by atoms with Gasteiger partial charge < -0.3 is 9.84 Å². The van der Waals surface area contributed by atoms with Gasteiger partial charge in [-0.1, -0.05) is 12.1 Å². The van der Waals surface area contributed by atoms with Crippen molar-refractivity contribution in [1.82, 2.24) is 0 Å². The molecule has 0 atom stereocenters. The number of methoxy groups -OCH3 is 1. The Labute approximate surface area is 135 Å². The van der Waals surface area contributed by atoms with Crippen molar-refractivity contribution in [3.8, 4) is 11.5 Å². The zero-order valence-electron chi connectivity index (χ0n) is 12.6. The third-order valence-electron chi connectivity index (χ3n) is 3.23. The van der Waals surface area contributed by atoms with E-state index in [0.29, 0.717) is 18.7 Å². The maximum atomic E-state index is 11.2. The zero-order valence-corrected chi connectivity index (χ0v) is 13.5. The van der Waals surface area contributed by atoms with E-state index in [0.717, 1.165) is 11.1 Å². The van der Waals surface area contributed by atoms with E-state index in [1.54, 1.807) is 36.5 Å². The maximum Gasteiger partial charge on any atom is 0.238 e. The molecular formula is C16H18N2O4S. The van der Waals surface area contributed by atoms with Gasteiger partial charge in [0.1, 0.15) is 0 Å². The summed E-state index contributed by atoms with van der Waals surface area (Å²) >= 11 is 0. The van der Waals surface area contributed by atoms with Gasteiger partial charge in [-0.25, -0.2) is 13.6 Å². The number of sulfonamides is 1. The molecule has 122 valence electrons. The summed E-state index contributed by atoms with van der Waals surface area (Å²) in [5.41, 5.74) is 1.79. The van der Waals surface area contributed by atoms with Crippen molar-refractivity contribution in [2.45, 2.75) is 11.3 Å². The van der Waals surface area contributed by atoms with E-state index in [-0.39, 0.29) is 10.6 Å². The highest BCUT2D eigenvalue weighted by atomic mass is 32.2. The first-order chi connectivity index (χ1) is 10.9. The number of benzene rings is 2. The quantitative estimate of drug-likeness (QED) is 0.785. The highest BCUT2D eigenvalue weighted by Crippen LogP contribution is 2.25. The molecule has 0 spiro atoms. The van der Waals surface area contributed by atoms with E-state index < -0.39 is 10.0 Å². The number of hydrogen-bond donors (Lipinski definition) is 2. The van der Waals surface area contributed by atoms with Gasteiger partial charge in [-0.3, -0.25) is 4.99 Å². The van der Waals surface area contributed by atoms with E-state index in [4.69, 9.17) is 9.88 Å². The summed E-state index contributed by atoms with van der Waals surface area (Å²) < 4.78 is 27.4. The molecule has 2 aromatic rings. The zero-order chi connectivity index (χ0) is 16.9. The van der Waals surface area contributed by atoms with Crippen LogP contribution in [0.1, 0.15) is 11.1 Å². The third kappa shape index (κ3) is 4.80. The van der Waals surface area contributed by atoms with E-state index in [9.17, 15) is 13.5 Å². The first-order valence-corrected chi connectivity index (χ1v) is 8.43. The maximum absolute atomic E-state index is 11.2. The van der Waals surface area contributed by atoms with Crippen LogP contribution in [-0.4, -0.2) is 33.4 Å². The van der Waals surface area contributed by atoms with Crippen molar-refractivity contribution in [3.05, 3.63) is 53.6 Å². The average molecular weight is 334 g/mol. The van der Waals surface area contributed by atoms with Crippen LogP contribution in [-0.2, 0) is 16.4 Å². The molecule has 0 saturated carbocycles. The Morgan fingerprint density at radius 2 is 1.91 bits per heavy atom. The van der Waals surface area contributed by atoms with Crippen LogP contribution in [0.5, 0.6) is 11.5 Å². The molecule has 2 rings (SSSR count). The predicted octanol–water partition coefficient (Wildman–Crippen LogP) is 1.71. The molecule has 0 bridgehead atoms. The molecule has 2 aromatic carbocycles. The standard InChI is InChI=1S/C16H18N2O4S/c1-22-16-10-13(4-7-15(16)19)11-18-9-8-12-2-5-14(6-3-12)23(17,20)21/h2-7,10-11,19H,8-9H2,1H3,(H2,17,20,21). The Balaban J connectivity index is 1.94. The van der Waals surface area contributed by atoms with Crippen LogP contribution in [0.3, 0.4) is 0 Å². The van der Waals surface area contributed by atoms with Gasteiger partial charge in [-0.2, -0.15) is 0 Å². The van der Waals surface area contributed by atoms with E-state index in [1.807, 2.05) is 0 Å². The lowest BCUT2D eigenvalue weighted by Crippen LogP contribution is -2.11. The molecule has 0 aliphatic carbocycles. The normalized spacial score (nSPS) is 11.7. The third-order valence-corrected chi connectivity index (χ3v) is 4.15. The number of rotatable bonds is 6. The summed E-state index contributed by atoms with van der Waals surface area (Å²) in [7, 11) is -2.17. The second-order valence-electron chi connectivity index (χ2n) is 4.91. The SMILES string of the molecule is COc1cc(C=NCCc2ccc(S(N)(=O)=O)cc2)ccc1O. The lowest BCUT2D eigenvalue weighted by atomic mass is 10.1. The van der Waals surface area contributed by atoms with Gasteiger partial charge in [0.2, 0.25) is 10.0 Å². The first kappa shape index (κ1) is 17.0. The Kier molecular flexibility index (Phi) is 5.36. The van der Waals surface area contributed by atoms with Crippen LogP contribution in [0.2, 0.25) is 0 Å². The second kappa shape index (κ2) is 7.26. The summed E-state index contributed by atoms with van der Waals surface area (Å²) in [5, 5.41) is 14.6. The number of primary sulfonamides is 1. The molecule has 0 saturated heterocycles. The number of phenolic OH excluding ortho intramolecular Hbond substituents is 1. The van der Waals surface area contributed by atoms with Gasteiger partial charge in [0.25, 0.3) is 0 Å². The molecule has 0 amide bonds. The topological polar surface area (TPSA) is 102 Å². The lowest BCUT2D eigenvalue weighted by molar-refractivity contribution is 0.373. The largest absolute Gasteiger partial charge is 0.504 e. The van der Waals surface area contributed by atoms with Crippen molar-refractivity contribution < 1.29 is 18.3 Å². The fourth-order valence-electron chi connectivity index (χ4n) is 1.98. The molecule has 7 heteroatoms. The number of hydrogen-bond acceptors (Lipinski definition) is 5. The number of ether oxygens (including phenoxy) is 1. The van der Waals surface area contributed by atoms with Gasteiger partial charge in [-0.05, 0) is 47.9 Å². The van der Waals surface area contributed by atoms with Gasteiger partial charge in [-0.15, -0.1) is 0 Å². The molecule has 0 radical (unpaired) electrons. The number of aromatic hydroxyl groups is 1. The summed E-state index contributed by atoms with van der Waals surface area (Å²) in [6.07, 6.45) is 2.37. The Morgan fingerprint density at radius 3 is 2.52 bits per heavy atom. The van der Waals surface area contributed by atoms with Gasteiger partial charge in [0, 0.05) is 12.8 Å². The number of nitrogens with zero attached hydrogens (tertiary/aromatic N) is 1. The van der Waals surface area contributed by atoms with Crippen LogP contribution < -0.4 is 9.88 Å². The number of aliphatic imine (C=N–C) groups is 1. The molecule has 0 aromatic heterocycles. The first-order valence-electron chi connectivity index (χ1n) is 6.89. The Bertz CT molecular complexity index is 799. The van der Waals surface area contributed by atoms with Crippen LogP contribution >= 0.6 is 0 Å². The molecule has 0 unspecified atom stereocenters. The Morgan fingerprint density at radius 1 is 1.22 bits per heavy atom. The molecular weight excluding hydrogens is 316 g/mol. The van der Waals surface area contributed by atoms with Crippen LogP contribution in [0, 0.1) is 0 Å². The van der Waals surface area contributed by atoms with Crippen LogP contribution in [0.25, 0.3) is 0 Å². The fourth-order valence-corrected chi connectivity index (χ4v) is 2.50.